The van der Waals surface area contributed by atoms with Crippen molar-refractivity contribution in [1.29, 1.82) is 0 Å². The molecule has 4 nitrogen and oxygen atoms in total. The lowest BCUT2D eigenvalue weighted by molar-refractivity contribution is 0.163. The summed E-state index contributed by atoms with van der Waals surface area (Å²) >= 11 is 1.67. The summed E-state index contributed by atoms with van der Waals surface area (Å²) in [4.78, 5) is 0. The van der Waals surface area contributed by atoms with E-state index in [1.165, 1.54) is 12.8 Å². The Balaban J connectivity index is 2.05. The minimum atomic E-state index is -0.190. The van der Waals surface area contributed by atoms with Crippen molar-refractivity contribution in [3.05, 3.63) is 5.82 Å². The first-order valence-corrected chi connectivity index (χ1v) is 6.77. The molecule has 1 N–H and O–H groups in total. The van der Waals surface area contributed by atoms with Crippen molar-refractivity contribution in [1.82, 2.24) is 14.8 Å². The molecular weight excluding hydrogens is 222 g/mol. The van der Waals surface area contributed by atoms with Gasteiger partial charge in [0.25, 0.3) is 0 Å². The largest absolute Gasteiger partial charge is 0.392 e. The van der Waals surface area contributed by atoms with Gasteiger partial charge in [-0.25, -0.2) is 0 Å². The summed E-state index contributed by atoms with van der Waals surface area (Å²) in [6, 6.07) is 0. The van der Waals surface area contributed by atoms with Gasteiger partial charge in [-0.3, -0.25) is 0 Å². The summed E-state index contributed by atoms with van der Waals surface area (Å²) in [6.45, 7) is 1.95. The van der Waals surface area contributed by atoms with E-state index in [0.717, 1.165) is 30.2 Å². The van der Waals surface area contributed by atoms with Gasteiger partial charge in [-0.05, 0) is 19.8 Å². The zero-order chi connectivity index (χ0) is 11.5. The summed E-state index contributed by atoms with van der Waals surface area (Å²) in [7, 11) is 1.97. The Morgan fingerprint density at radius 1 is 1.25 bits per heavy atom. The van der Waals surface area contributed by atoms with Crippen LogP contribution in [0.25, 0.3) is 0 Å². The Hall–Kier alpha value is -0.550. The number of nitrogens with zero attached hydrogens (tertiary/aromatic N) is 3. The fourth-order valence-corrected chi connectivity index (χ4v) is 3.24. The van der Waals surface area contributed by atoms with Crippen LogP contribution < -0.4 is 0 Å². The predicted octanol–water partition coefficient (Wildman–Crippen LogP) is 1.91. The molecule has 1 aliphatic rings. The van der Waals surface area contributed by atoms with E-state index in [1.54, 1.807) is 11.8 Å². The molecule has 1 aromatic heterocycles. The van der Waals surface area contributed by atoms with Gasteiger partial charge in [0.2, 0.25) is 0 Å². The number of aliphatic hydroxyl groups is 1. The van der Waals surface area contributed by atoms with Crippen LogP contribution in [0.4, 0.5) is 0 Å². The molecular formula is C11H19N3OS. The molecule has 16 heavy (non-hydrogen) atoms. The van der Waals surface area contributed by atoms with Gasteiger partial charge in [-0.15, -0.1) is 10.2 Å². The van der Waals surface area contributed by atoms with Crippen molar-refractivity contribution in [2.45, 2.75) is 55.5 Å². The van der Waals surface area contributed by atoms with Gasteiger partial charge in [0.1, 0.15) is 5.82 Å². The normalized spacial score (nSPS) is 26.7. The lowest BCUT2D eigenvalue weighted by atomic mass is 10.1. The van der Waals surface area contributed by atoms with Crippen molar-refractivity contribution >= 4 is 11.8 Å². The van der Waals surface area contributed by atoms with E-state index in [4.69, 9.17) is 0 Å². The highest BCUT2D eigenvalue weighted by atomic mass is 32.2. The van der Waals surface area contributed by atoms with E-state index in [2.05, 4.69) is 10.2 Å². The highest BCUT2D eigenvalue weighted by Crippen LogP contribution is 2.32. The molecule has 0 amide bonds. The van der Waals surface area contributed by atoms with E-state index >= 15 is 0 Å². The maximum absolute atomic E-state index is 10.0. The fraction of sp³-hybridized carbons (Fsp3) is 0.818. The van der Waals surface area contributed by atoms with E-state index in [0.29, 0.717) is 0 Å². The maximum Gasteiger partial charge on any atom is 0.191 e. The first-order chi connectivity index (χ1) is 7.68. The van der Waals surface area contributed by atoms with E-state index in [-0.39, 0.29) is 11.4 Å². The zero-order valence-corrected chi connectivity index (χ0v) is 10.7. The SMILES string of the molecule is Cc1nnc(SC2CCCCCC2O)n1C. The molecule has 1 aromatic rings. The number of aryl methyl sites for hydroxylation is 1. The topological polar surface area (TPSA) is 50.9 Å². The van der Waals surface area contributed by atoms with Gasteiger partial charge in [0.05, 0.1) is 6.10 Å². The number of rotatable bonds is 2. The van der Waals surface area contributed by atoms with Crippen LogP contribution in [-0.4, -0.2) is 31.2 Å². The molecule has 2 atom stereocenters. The number of aliphatic hydroxyl groups excluding tert-OH is 1. The molecule has 2 rings (SSSR count). The van der Waals surface area contributed by atoms with Gasteiger partial charge in [0, 0.05) is 12.3 Å². The van der Waals surface area contributed by atoms with Crippen molar-refractivity contribution in [3.8, 4) is 0 Å². The Morgan fingerprint density at radius 2 is 2.00 bits per heavy atom. The van der Waals surface area contributed by atoms with Crippen LogP contribution in [-0.2, 0) is 7.05 Å². The van der Waals surface area contributed by atoms with Crippen LogP contribution in [0.15, 0.2) is 5.16 Å². The van der Waals surface area contributed by atoms with E-state index < -0.39 is 0 Å². The van der Waals surface area contributed by atoms with E-state index in [9.17, 15) is 5.11 Å². The Morgan fingerprint density at radius 3 is 2.69 bits per heavy atom. The molecule has 0 saturated heterocycles. The third-order valence-electron chi connectivity index (χ3n) is 3.23. The summed E-state index contributed by atoms with van der Waals surface area (Å²) in [5.74, 6) is 0.922. The summed E-state index contributed by atoms with van der Waals surface area (Å²) in [5.41, 5.74) is 0. The Labute approximate surface area is 100 Å². The molecule has 90 valence electrons. The average molecular weight is 241 g/mol. The molecule has 1 heterocycles. The van der Waals surface area contributed by atoms with Gasteiger partial charge in [0.15, 0.2) is 5.16 Å². The minimum absolute atomic E-state index is 0.190. The summed E-state index contributed by atoms with van der Waals surface area (Å²) in [6.07, 6.45) is 5.42. The van der Waals surface area contributed by atoms with Gasteiger partial charge < -0.3 is 9.67 Å². The van der Waals surface area contributed by atoms with Gasteiger partial charge >= 0.3 is 0 Å². The molecule has 2 unspecified atom stereocenters. The number of hydrogen-bond acceptors (Lipinski definition) is 4. The van der Waals surface area contributed by atoms with Crippen LogP contribution >= 0.6 is 11.8 Å². The van der Waals surface area contributed by atoms with Crippen molar-refractivity contribution in [2.24, 2.45) is 7.05 Å². The monoisotopic (exact) mass is 241 g/mol. The van der Waals surface area contributed by atoms with Crippen LogP contribution in [0.3, 0.4) is 0 Å². The smallest absolute Gasteiger partial charge is 0.191 e. The predicted molar refractivity (Wildman–Crippen MR) is 64.5 cm³/mol. The number of thioether (sulfide) groups is 1. The van der Waals surface area contributed by atoms with Crippen LogP contribution in [0.1, 0.15) is 37.9 Å². The van der Waals surface area contributed by atoms with Crippen molar-refractivity contribution in [3.63, 3.8) is 0 Å². The summed E-state index contributed by atoms with van der Waals surface area (Å²) < 4.78 is 1.99. The second-order valence-corrected chi connectivity index (χ2v) is 5.66. The molecule has 5 heteroatoms. The third kappa shape index (κ3) is 2.58. The minimum Gasteiger partial charge on any atom is -0.392 e. The van der Waals surface area contributed by atoms with Crippen LogP contribution in [0, 0.1) is 6.92 Å². The van der Waals surface area contributed by atoms with Crippen LogP contribution in [0.2, 0.25) is 0 Å². The number of aromatic nitrogens is 3. The van der Waals surface area contributed by atoms with Gasteiger partial charge in [-0.1, -0.05) is 31.0 Å². The average Bonchev–Trinajstić information content (AvgIpc) is 2.48. The maximum atomic E-state index is 10.0. The quantitative estimate of drug-likeness (QED) is 0.804. The zero-order valence-electron chi connectivity index (χ0n) is 9.89. The molecule has 0 spiro atoms. The Bertz CT molecular complexity index is 353. The molecule has 1 saturated carbocycles. The highest BCUT2D eigenvalue weighted by molar-refractivity contribution is 7.99. The second-order valence-electron chi connectivity index (χ2n) is 4.45. The molecule has 0 aromatic carbocycles. The highest BCUT2D eigenvalue weighted by Gasteiger charge is 2.24. The van der Waals surface area contributed by atoms with Gasteiger partial charge in [-0.2, -0.15) is 0 Å². The molecule has 0 radical (unpaired) electrons. The third-order valence-corrected chi connectivity index (χ3v) is 4.65. The lowest BCUT2D eigenvalue weighted by Gasteiger charge is -2.18. The number of hydrogen-bond donors (Lipinski definition) is 1. The molecule has 1 fully saturated rings. The fourth-order valence-electron chi connectivity index (χ4n) is 2.02. The van der Waals surface area contributed by atoms with Crippen molar-refractivity contribution < 1.29 is 5.11 Å². The lowest BCUT2D eigenvalue weighted by Crippen LogP contribution is -2.21. The second kappa shape index (κ2) is 5.19. The molecule has 1 aliphatic carbocycles. The standard InChI is InChI=1S/C11H19N3OS/c1-8-12-13-11(14(8)2)16-10-7-5-3-4-6-9(10)15/h9-10,15H,3-7H2,1-2H3. The summed E-state index contributed by atoms with van der Waals surface area (Å²) in [5, 5.41) is 19.4. The van der Waals surface area contributed by atoms with Crippen molar-refractivity contribution in [2.75, 3.05) is 0 Å². The first kappa shape index (κ1) is 11.9. The molecule has 0 aliphatic heterocycles. The molecule has 0 bridgehead atoms. The Kier molecular flexibility index (Phi) is 3.86. The van der Waals surface area contributed by atoms with Crippen LogP contribution in [0.5, 0.6) is 0 Å². The van der Waals surface area contributed by atoms with E-state index in [1.807, 2.05) is 18.5 Å². The first-order valence-electron chi connectivity index (χ1n) is 5.89.